The van der Waals surface area contributed by atoms with Gasteiger partial charge in [-0.3, -0.25) is 24.0 Å². The molecule has 1 aliphatic rings. The van der Waals surface area contributed by atoms with Crippen molar-refractivity contribution in [1.29, 1.82) is 0 Å². The van der Waals surface area contributed by atoms with E-state index in [2.05, 4.69) is 39.2 Å². The number of hydrogen-bond acceptors (Lipinski definition) is 10. The lowest BCUT2D eigenvalue weighted by atomic mass is 10.1. The van der Waals surface area contributed by atoms with Gasteiger partial charge in [0.2, 0.25) is 29.5 Å². The molecule has 2 unspecified atom stereocenters. The number of likely N-dealkylation sites (N-methyl/N-ethyl adjacent to an activating group) is 1. The number of carbonyl (C=O) groups is 6. The zero-order valence-electron chi connectivity index (χ0n) is 17.9. The smallest absolute Gasteiger partial charge is 0.340 e. The van der Waals surface area contributed by atoms with Crippen LogP contribution in [-0.4, -0.2) is 99.9 Å². The first-order chi connectivity index (χ1) is 15.4. The van der Waals surface area contributed by atoms with Crippen molar-refractivity contribution in [2.24, 2.45) is 5.73 Å². The number of aliphatic carboxylic acids is 1. The summed E-state index contributed by atoms with van der Waals surface area (Å²) in [6.45, 7) is 0.484. The fraction of sp³-hybridized carbons (Fsp3) is 0.647. The van der Waals surface area contributed by atoms with Gasteiger partial charge < -0.3 is 42.5 Å². The Kier molecular flexibility index (Phi) is 10.9. The molecule has 0 aromatic carbocycles. The summed E-state index contributed by atoms with van der Waals surface area (Å²) in [5.41, 5.74) is 5.16. The molecule has 0 aromatic rings. The minimum atomic E-state index is -2.04. The molecule has 0 bridgehead atoms. The minimum absolute atomic E-state index is 0.196. The fourth-order valence-electron chi connectivity index (χ4n) is 2.66. The Labute approximate surface area is 198 Å². The summed E-state index contributed by atoms with van der Waals surface area (Å²) in [5, 5.41) is 31.1. The Morgan fingerprint density at radius 3 is 2.21 bits per heavy atom. The lowest BCUT2D eigenvalue weighted by Gasteiger charge is -2.31. The van der Waals surface area contributed by atoms with E-state index < -0.39 is 83.3 Å². The van der Waals surface area contributed by atoms with Crippen molar-refractivity contribution in [1.82, 2.24) is 26.6 Å². The molecule has 33 heavy (non-hydrogen) atoms. The second-order valence-electron chi connectivity index (χ2n) is 7.14. The summed E-state index contributed by atoms with van der Waals surface area (Å²) in [5.74, 6) is -6.58. The Bertz CT molecular complexity index is 799. The quantitative estimate of drug-likeness (QED) is 0.156. The average Bonchev–Trinajstić information content (AvgIpc) is 2.74. The van der Waals surface area contributed by atoms with E-state index in [1.807, 2.05) is 0 Å². The molecule has 1 rings (SSSR count). The summed E-state index contributed by atoms with van der Waals surface area (Å²) < 4.78 is 0. The lowest BCUT2D eigenvalue weighted by Crippen LogP contribution is -2.61. The number of nitrogens with two attached hydrogens (primary N) is 1. The summed E-state index contributed by atoms with van der Waals surface area (Å²) in [7, 11) is 1.42. The van der Waals surface area contributed by atoms with Crippen LogP contribution < -0.4 is 32.3 Å². The van der Waals surface area contributed by atoms with Gasteiger partial charge in [-0.1, -0.05) is 0 Å². The standard InChI is InChI=1S/C17H28N6O8S2/c1-7-12(26)21-8(3-11(18)25)15(29)23-17(6-32,16(30)31)33-5-10(19-2)14(28)22-9(4-24)13(27)20-7/h7-10,19,24,32H,3-6H2,1-2H3,(H2,18,25)(H,20,27)(H,21,26)(H,22,28)(H,23,29)(H,30,31)/t7-,8-,9?,10?,17+/m0/s1. The SMILES string of the molecule is CNC1CS[C@](CS)(C(=O)O)NC(=O)[C@H](CC(N)=O)NC(=O)[C@H](C)NC(=O)C(CO)NC1=O. The molecule has 186 valence electrons. The number of hydrogen-bond donors (Lipinski definition) is 9. The number of thiol groups is 1. The molecule has 1 fully saturated rings. The van der Waals surface area contributed by atoms with Crippen molar-refractivity contribution in [3.8, 4) is 0 Å². The second-order valence-corrected chi connectivity index (χ2v) is 8.77. The van der Waals surface area contributed by atoms with E-state index in [1.54, 1.807) is 0 Å². The zero-order chi connectivity index (χ0) is 25.3. The third kappa shape index (κ3) is 7.76. The van der Waals surface area contributed by atoms with E-state index in [4.69, 9.17) is 5.73 Å². The number of rotatable bonds is 6. The first-order valence-electron chi connectivity index (χ1n) is 9.68. The predicted octanol–water partition coefficient (Wildman–Crippen LogP) is -4.51. The van der Waals surface area contributed by atoms with Crippen LogP contribution in [0, 0.1) is 0 Å². The van der Waals surface area contributed by atoms with Crippen molar-refractivity contribution in [3.63, 3.8) is 0 Å². The number of carboxylic acids is 1. The zero-order valence-corrected chi connectivity index (χ0v) is 19.6. The molecule has 0 aromatic heterocycles. The number of aliphatic hydroxyl groups excluding tert-OH is 1. The van der Waals surface area contributed by atoms with Crippen LogP contribution >= 0.6 is 24.4 Å². The topological polar surface area (TPSA) is 229 Å². The monoisotopic (exact) mass is 508 g/mol. The normalized spacial score (nSPS) is 30.1. The van der Waals surface area contributed by atoms with Crippen molar-refractivity contribution in [2.45, 2.75) is 42.4 Å². The van der Waals surface area contributed by atoms with Gasteiger partial charge in [-0.15, -0.1) is 11.8 Å². The summed E-state index contributed by atoms with van der Waals surface area (Å²) in [6, 6.07) is -5.24. The van der Waals surface area contributed by atoms with Crippen LogP contribution in [0.1, 0.15) is 13.3 Å². The maximum atomic E-state index is 12.8. The molecule has 5 amide bonds. The molecule has 1 saturated heterocycles. The molecule has 0 saturated carbocycles. The van der Waals surface area contributed by atoms with E-state index in [0.29, 0.717) is 11.8 Å². The van der Waals surface area contributed by atoms with E-state index in [0.717, 1.165) is 0 Å². The van der Waals surface area contributed by atoms with Crippen LogP contribution in [0.4, 0.5) is 0 Å². The third-order valence-electron chi connectivity index (χ3n) is 4.66. The van der Waals surface area contributed by atoms with Crippen LogP contribution in [-0.2, 0) is 28.8 Å². The average molecular weight is 509 g/mol. The van der Waals surface area contributed by atoms with Crippen molar-refractivity contribution in [3.05, 3.63) is 0 Å². The molecular formula is C17H28N6O8S2. The number of primary amides is 1. The maximum Gasteiger partial charge on any atom is 0.340 e. The molecule has 5 atom stereocenters. The van der Waals surface area contributed by atoms with Gasteiger partial charge in [0, 0.05) is 11.5 Å². The van der Waals surface area contributed by atoms with Gasteiger partial charge in [-0.2, -0.15) is 12.6 Å². The Hall–Kier alpha value is -2.56. The Balaban J connectivity index is 3.43. The number of aliphatic hydroxyl groups is 1. The Morgan fingerprint density at radius 1 is 1.12 bits per heavy atom. The van der Waals surface area contributed by atoms with Gasteiger partial charge >= 0.3 is 5.97 Å². The van der Waals surface area contributed by atoms with Gasteiger partial charge in [0.1, 0.15) is 18.1 Å². The van der Waals surface area contributed by atoms with Gasteiger partial charge in [0.25, 0.3) is 0 Å². The van der Waals surface area contributed by atoms with Gasteiger partial charge in [0.05, 0.1) is 19.1 Å². The molecule has 0 spiro atoms. The molecular weight excluding hydrogens is 480 g/mol. The lowest BCUT2D eigenvalue weighted by molar-refractivity contribution is -0.143. The number of thioether (sulfide) groups is 1. The number of carbonyl (C=O) groups excluding carboxylic acids is 5. The number of amides is 5. The van der Waals surface area contributed by atoms with Crippen LogP contribution in [0.15, 0.2) is 0 Å². The highest BCUT2D eigenvalue weighted by molar-refractivity contribution is 8.02. The molecule has 16 heteroatoms. The minimum Gasteiger partial charge on any atom is -0.479 e. The molecule has 1 aliphatic heterocycles. The number of nitrogens with one attached hydrogen (secondary N) is 5. The van der Waals surface area contributed by atoms with Gasteiger partial charge in [0.15, 0.2) is 4.87 Å². The first-order valence-corrected chi connectivity index (χ1v) is 11.3. The van der Waals surface area contributed by atoms with E-state index in [-0.39, 0.29) is 5.75 Å². The van der Waals surface area contributed by atoms with Crippen molar-refractivity contribution < 1.29 is 39.0 Å². The predicted molar refractivity (Wildman–Crippen MR) is 120 cm³/mol. The largest absolute Gasteiger partial charge is 0.479 e. The maximum absolute atomic E-state index is 12.8. The van der Waals surface area contributed by atoms with Crippen LogP contribution in [0.2, 0.25) is 0 Å². The van der Waals surface area contributed by atoms with Crippen LogP contribution in [0.5, 0.6) is 0 Å². The molecule has 1 heterocycles. The van der Waals surface area contributed by atoms with Crippen LogP contribution in [0.25, 0.3) is 0 Å². The van der Waals surface area contributed by atoms with E-state index in [9.17, 15) is 39.0 Å². The Morgan fingerprint density at radius 2 is 1.73 bits per heavy atom. The highest BCUT2D eigenvalue weighted by Gasteiger charge is 2.43. The molecule has 0 aliphatic carbocycles. The first kappa shape index (κ1) is 28.5. The van der Waals surface area contributed by atoms with Crippen molar-refractivity contribution in [2.75, 3.05) is 25.2 Å². The summed E-state index contributed by atoms with van der Waals surface area (Å²) in [6.07, 6.45) is -0.649. The second kappa shape index (κ2) is 12.6. The summed E-state index contributed by atoms with van der Waals surface area (Å²) in [4.78, 5) is 71.8. The molecule has 9 N–H and O–H groups in total. The third-order valence-corrected chi connectivity index (χ3v) is 6.76. The number of carboxylic acid groups (broad SMARTS) is 1. The summed E-state index contributed by atoms with van der Waals surface area (Å²) >= 11 is 4.69. The van der Waals surface area contributed by atoms with Crippen molar-refractivity contribution >= 4 is 59.9 Å². The van der Waals surface area contributed by atoms with Crippen LogP contribution in [0.3, 0.4) is 0 Å². The highest BCUT2D eigenvalue weighted by Crippen LogP contribution is 2.26. The van der Waals surface area contributed by atoms with E-state index in [1.165, 1.54) is 14.0 Å². The van der Waals surface area contributed by atoms with Gasteiger partial charge in [-0.25, -0.2) is 4.79 Å². The molecule has 14 nitrogen and oxygen atoms in total. The highest BCUT2D eigenvalue weighted by atomic mass is 32.2. The van der Waals surface area contributed by atoms with E-state index >= 15 is 0 Å². The van der Waals surface area contributed by atoms with Gasteiger partial charge in [-0.05, 0) is 14.0 Å². The fourth-order valence-corrected chi connectivity index (χ4v) is 4.30. The molecule has 0 radical (unpaired) electrons.